The van der Waals surface area contributed by atoms with Gasteiger partial charge in [-0.2, -0.15) is 10.2 Å². The summed E-state index contributed by atoms with van der Waals surface area (Å²) in [6.45, 7) is 12.0. The number of carbonyl (C=O) groups is 1. The topological polar surface area (TPSA) is 64.7 Å². The Balaban J connectivity index is 1.97. The van der Waals surface area contributed by atoms with E-state index < -0.39 is 0 Å². The van der Waals surface area contributed by atoms with Crippen molar-refractivity contribution in [1.82, 2.24) is 24.9 Å². The van der Waals surface area contributed by atoms with Crippen LogP contribution in [0.25, 0.3) is 0 Å². The van der Waals surface area contributed by atoms with Crippen LogP contribution in [0.4, 0.5) is 0 Å². The molecule has 2 aromatic heterocycles. The molecular formula is C18H29N5O. The molecule has 0 saturated heterocycles. The molecule has 2 aromatic rings. The Morgan fingerprint density at radius 1 is 1.29 bits per heavy atom. The van der Waals surface area contributed by atoms with E-state index >= 15 is 0 Å². The number of rotatable bonds is 7. The molecule has 0 unspecified atom stereocenters. The van der Waals surface area contributed by atoms with Crippen LogP contribution in [0.3, 0.4) is 0 Å². The molecular weight excluding hydrogens is 302 g/mol. The molecule has 0 aliphatic carbocycles. The van der Waals surface area contributed by atoms with Crippen LogP contribution in [0, 0.1) is 19.8 Å². The van der Waals surface area contributed by atoms with Crippen molar-refractivity contribution in [3.63, 3.8) is 0 Å². The third-order valence-corrected chi connectivity index (χ3v) is 4.27. The van der Waals surface area contributed by atoms with E-state index in [0.717, 1.165) is 30.8 Å². The van der Waals surface area contributed by atoms with Crippen molar-refractivity contribution in [3.05, 3.63) is 34.4 Å². The third kappa shape index (κ3) is 4.04. The molecule has 0 aliphatic heterocycles. The van der Waals surface area contributed by atoms with Crippen LogP contribution in [-0.4, -0.2) is 32.0 Å². The lowest BCUT2D eigenvalue weighted by Crippen LogP contribution is -2.27. The predicted octanol–water partition coefficient (Wildman–Crippen LogP) is 2.42. The predicted molar refractivity (Wildman–Crippen MR) is 95.2 cm³/mol. The second-order valence-corrected chi connectivity index (χ2v) is 6.71. The van der Waals surface area contributed by atoms with Crippen molar-refractivity contribution in [2.75, 3.05) is 6.54 Å². The molecule has 0 aliphatic rings. The molecule has 2 rings (SSSR count). The van der Waals surface area contributed by atoms with E-state index in [2.05, 4.69) is 43.2 Å². The lowest BCUT2D eigenvalue weighted by Gasteiger charge is -2.06. The highest BCUT2D eigenvalue weighted by molar-refractivity contribution is 5.92. The minimum atomic E-state index is -0.0711. The number of carbonyl (C=O) groups excluding carboxylic acids is 1. The zero-order valence-corrected chi connectivity index (χ0v) is 15.7. The number of amides is 1. The number of nitrogens with one attached hydrogen (secondary N) is 1. The Hall–Kier alpha value is -2.11. The molecule has 2 heterocycles. The Kier molecular flexibility index (Phi) is 5.80. The SMILES string of the molecule is CCn1nc(C)c(CCNC(=O)c2cc(CC(C)C)nn2C)c1C. The first-order valence-electron chi connectivity index (χ1n) is 8.67. The van der Waals surface area contributed by atoms with Gasteiger partial charge in [0.25, 0.3) is 5.91 Å². The largest absolute Gasteiger partial charge is 0.350 e. The van der Waals surface area contributed by atoms with Crippen LogP contribution in [-0.2, 0) is 26.4 Å². The molecule has 132 valence electrons. The first kappa shape index (κ1) is 18.2. The molecule has 6 heteroatoms. The number of hydrogen-bond acceptors (Lipinski definition) is 3. The Labute approximate surface area is 144 Å². The molecule has 0 fully saturated rings. The molecule has 24 heavy (non-hydrogen) atoms. The summed E-state index contributed by atoms with van der Waals surface area (Å²) >= 11 is 0. The fourth-order valence-corrected chi connectivity index (χ4v) is 3.05. The van der Waals surface area contributed by atoms with Gasteiger partial charge in [0.15, 0.2) is 0 Å². The quantitative estimate of drug-likeness (QED) is 0.847. The maximum absolute atomic E-state index is 12.4. The third-order valence-electron chi connectivity index (χ3n) is 4.27. The lowest BCUT2D eigenvalue weighted by molar-refractivity contribution is 0.0944. The van der Waals surface area contributed by atoms with Crippen molar-refractivity contribution >= 4 is 5.91 Å². The van der Waals surface area contributed by atoms with Gasteiger partial charge in [-0.25, -0.2) is 0 Å². The van der Waals surface area contributed by atoms with E-state index in [0.29, 0.717) is 18.2 Å². The Morgan fingerprint density at radius 2 is 2.00 bits per heavy atom. The van der Waals surface area contributed by atoms with E-state index in [1.54, 1.807) is 4.68 Å². The zero-order valence-electron chi connectivity index (χ0n) is 15.7. The highest BCUT2D eigenvalue weighted by Crippen LogP contribution is 2.13. The van der Waals surface area contributed by atoms with E-state index in [-0.39, 0.29) is 5.91 Å². The number of aromatic nitrogens is 4. The maximum Gasteiger partial charge on any atom is 0.269 e. The average Bonchev–Trinajstić information content (AvgIpc) is 2.99. The first-order valence-corrected chi connectivity index (χ1v) is 8.67. The second-order valence-electron chi connectivity index (χ2n) is 6.71. The second kappa shape index (κ2) is 7.64. The molecule has 0 atom stereocenters. The standard InChI is InChI=1S/C18H29N5O/c1-7-23-14(5)16(13(4)20-23)8-9-19-18(24)17-11-15(10-12(2)3)21-22(17)6/h11-12H,7-10H2,1-6H3,(H,19,24). The smallest absolute Gasteiger partial charge is 0.269 e. The van der Waals surface area contributed by atoms with Gasteiger partial charge in [-0.05, 0) is 51.2 Å². The van der Waals surface area contributed by atoms with Gasteiger partial charge in [0, 0.05) is 25.8 Å². The average molecular weight is 331 g/mol. The van der Waals surface area contributed by atoms with Gasteiger partial charge >= 0.3 is 0 Å². The molecule has 0 spiro atoms. The number of hydrogen-bond donors (Lipinski definition) is 1. The van der Waals surface area contributed by atoms with E-state index in [1.165, 1.54) is 11.3 Å². The van der Waals surface area contributed by atoms with Crippen molar-refractivity contribution in [2.45, 2.75) is 54.0 Å². The van der Waals surface area contributed by atoms with Crippen molar-refractivity contribution < 1.29 is 4.79 Å². The summed E-state index contributed by atoms with van der Waals surface area (Å²) in [6.07, 6.45) is 1.68. The van der Waals surface area contributed by atoms with E-state index in [4.69, 9.17) is 0 Å². The maximum atomic E-state index is 12.4. The minimum Gasteiger partial charge on any atom is -0.350 e. The minimum absolute atomic E-state index is 0.0711. The normalized spacial score (nSPS) is 11.3. The molecule has 1 amide bonds. The van der Waals surface area contributed by atoms with Crippen LogP contribution >= 0.6 is 0 Å². The molecule has 0 aromatic carbocycles. The van der Waals surface area contributed by atoms with Crippen molar-refractivity contribution in [2.24, 2.45) is 13.0 Å². The fourth-order valence-electron chi connectivity index (χ4n) is 3.05. The van der Waals surface area contributed by atoms with E-state index in [1.807, 2.05) is 24.7 Å². The van der Waals surface area contributed by atoms with Gasteiger partial charge in [-0.3, -0.25) is 14.2 Å². The monoisotopic (exact) mass is 331 g/mol. The summed E-state index contributed by atoms with van der Waals surface area (Å²) in [5.41, 5.74) is 5.03. The van der Waals surface area contributed by atoms with Crippen molar-refractivity contribution in [3.8, 4) is 0 Å². The van der Waals surface area contributed by atoms with Gasteiger partial charge in [-0.15, -0.1) is 0 Å². The summed E-state index contributed by atoms with van der Waals surface area (Å²) in [7, 11) is 1.82. The summed E-state index contributed by atoms with van der Waals surface area (Å²) in [5.74, 6) is 0.454. The number of nitrogens with zero attached hydrogens (tertiary/aromatic N) is 4. The zero-order chi connectivity index (χ0) is 17.9. The van der Waals surface area contributed by atoms with Gasteiger partial charge in [0.1, 0.15) is 5.69 Å². The molecule has 6 nitrogen and oxygen atoms in total. The molecule has 0 bridgehead atoms. The van der Waals surface area contributed by atoms with Crippen LogP contribution in [0.5, 0.6) is 0 Å². The van der Waals surface area contributed by atoms with Crippen LogP contribution in [0.1, 0.15) is 53.9 Å². The van der Waals surface area contributed by atoms with Crippen molar-refractivity contribution in [1.29, 1.82) is 0 Å². The van der Waals surface area contributed by atoms with E-state index in [9.17, 15) is 4.79 Å². The summed E-state index contributed by atoms with van der Waals surface area (Å²) < 4.78 is 3.67. The molecule has 1 N–H and O–H groups in total. The Morgan fingerprint density at radius 3 is 2.58 bits per heavy atom. The number of aryl methyl sites for hydroxylation is 3. The molecule has 0 saturated carbocycles. The lowest BCUT2D eigenvalue weighted by atomic mass is 10.1. The van der Waals surface area contributed by atoms with Gasteiger partial charge in [-0.1, -0.05) is 13.8 Å². The summed E-state index contributed by atoms with van der Waals surface area (Å²) in [5, 5.41) is 11.9. The summed E-state index contributed by atoms with van der Waals surface area (Å²) in [6, 6.07) is 1.89. The first-order chi connectivity index (χ1) is 11.3. The van der Waals surface area contributed by atoms with Crippen LogP contribution < -0.4 is 5.32 Å². The fraction of sp³-hybridized carbons (Fsp3) is 0.611. The molecule has 0 radical (unpaired) electrons. The van der Waals surface area contributed by atoms with Gasteiger partial charge < -0.3 is 5.32 Å². The highest BCUT2D eigenvalue weighted by Gasteiger charge is 2.15. The van der Waals surface area contributed by atoms with Crippen LogP contribution in [0.2, 0.25) is 0 Å². The van der Waals surface area contributed by atoms with Crippen LogP contribution in [0.15, 0.2) is 6.07 Å². The van der Waals surface area contributed by atoms with Gasteiger partial charge in [0.2, 0.25) is 0 Å². The highest BCUT2D eigenvalue weighted by atomic mass is 16.2. The Bertz CT molecular complexity index is 711. The summed E-state index contributed by atoms with van der Waals surface area (Å²) in [4.78, 5) is 12.4. The van der Waals surface area contributed by atoms with Gasteiger partial charge in [0.05, 0.1) is 11.4 Å².